The van der Waals surface area contributed by atoms with Crippen molar-refractivity contribution in [2.45, 2.75) is 59.0 Å². The SMILES string of the molecule is CCNC(=NCCc1csc(C)n1)NC1CCN(C(C)C)CC1. The van der Waals surface area contributed by atoms with Crippen LogP contribution in [0.5, 0.6) is 0 Å². The summed E-state index contributed by atoms with van der Waals surface area (Å²) >= 11 is 1.71. The highest BCUT2D eigenvalue weighted by Gasteiger charge is 2.21. The molecule has 1 aromatic heterocycles. The Morgan fingerprint density at radius 3 is 2.74 bits per heavy atom. The number of nitrogens with one attached hydrogen (secondary N) is 2. The van der Waals surface area contributed by atoms with Gasteiger partial charge in [0.15, 0.2) is 5.96 Å². The zero-order valence-corrected chi connectivity index (χ0v) is 15.7. The molecule has 0 saturated carbocycles. The highest BCUT2D eigenvalue weighted by molar-refractivity contribution is 7.09. The third kappa shape index (κ3) is 6.11. The number of rotatable bonds is 6. The first kappa shape index (κ1) is 18.2. The van der Waals surface area contributed by atoms with Crippen LogP contribution < -0.4 is 10.6 Å². The lowest BCUT2D eigenvalue weighted by atomic mass is 10.0. The van der Waals surface area contributed by atoms with Crippen molar-refractivity contribution in [3.05, 3.63) is 16.1 Å². The fourth-order valence-corrected chi connectivity index (χ4v) is 3.53. The second kappa shape index (κ2) is 9.23. The van der Waals surface area contributed by atoms with Crippen molar-refractivity contribution >= 4 is 17.3 Å². The van der Waals surface area contributed by atoms with Gasteiger partial charge >= 0.3 is 0 Å². The summed E-state index contributed by atoms with van der Waals surface area (Å²) in [6, 6.07) is 1.18. The molecule has 23 heavy (non-hydrogen) atoms. The van der Waals surface area contributed by atoms with Crippen LogP contribution in [-0.2, 0) is 6.42 Å². The lowest BCUT2D eigenvalue weighted by Gasteiger charge is -2.35. The molecule has 130 valence electrons. The van der Waals surface area contributed by atoms with Gasteiger partial charge in [0.25, 0.3) is 0 Å². The second-order valence-electron chi connectivity index (χ2n) is 6.42. The zero-order chi connectivity index (χ0) is 16.7. The molecule has 0 bridgehead atoms. The van der Waals surface area contributed by atoms with Crippen LogP contribution in [0.15, 0.2) is 10.4 Å². The fourth-order valence-electron chi connectivity index (χ4n) is 2.88. The van der Waals surface area contributed by atoms with Gasteiger partial charge in [-0.3, -0.25) is 4.99 Å². The Balaban J connectivity index is 1.80. The van der Waals surface area contributed by atoms with Crippen LogP contribution >= 0.6 is 11.3 Å². The smallest absolute Gasteiger partial charge is 0.191 e. The van der Waals surface area contributed by atoms with E-state index in [1.54, 1.807) is 11.3 Å². The molecule has 0 atom stereocenters. The first-order valence-electron chi connectivity index (χ1n) is 8.78. The number of aromatic nitrogens is 1. The van der Waals surface area contributed by atoms with Crippen molar-refractivity contribution in [2.24, 2.45) is 4.99 Å². The van der Waals surface area contributed by atoms with E-state index >= 15 is 0 Å². The lowest BCUT2D eigenvalue weighted by molar-refractivity contribution is 0.167. The highest BCUT2D eigenvalue weighted by Crippen LogP contribution is 2.13. The second-order valence-corrected chi connectivity index (χ2v) is 7.48. The van der Waals surface area contributed by atoms with Gasteiger partial charge in [-0.1, -0.05) is 0 Å². The highest BCUT2D eigenvalue weighted by atomic mass is 32.1. The number of thiazole rings is 1. The summed E-state index contributed by atoms with van der Waals surface area (Å²) in [4.78, 5) is 11.8. The van der Waals surface area contributed by atoms with Gasteiger partial charge in [0.05, 0.1) is 10.7 Å². The van der Waals surface area contributed by atoms with Crippen molar-refractivity contribution in [2.75, 3.05) is 26.2 Å². The summed E-state index contributed by atoms with van der Waals surface area (Å²) in [6.45, 7) is 12.7. The number of likely N-dealkylation sites (tertiary alicyclic amines) is 1. The average molecular weight is 338 g/mol. The Labute approximate surface area is 144 Å². The molecule has 1 aromatic rings. The van der Waals surface area contributed by atoms with Gasteiger partial charge in [0, 0.05) is 50.1 Å². The summed E-state index contributed by atoms with van der Waals surface area (Å²) in [5.74, 6) is 0.947. The van der Waals surface area contributed by atoms with E-state index in [-0.39, 0.29) is 0 Å². The third-order valence-corrected chi connectivity index (χ3v) is 5.07. The molecule has 0 amide bonds. The van der Waals surface area contributed by atoms with E-state index in [4.69, 9.17) is 4.99 Å². The predicted octanol–water partition coefficient (Wildman–Crippen LogP) is 2.42. The molecule has 1 saturated heterocycles. The van der Waals surface area contributed by atoms with Crippen LogP contribution in [0.3, 0.4) is 0 Å². The molecule has 1 aliphatic rings. The summed E-state index contributed by atoms with van der Waals surface area (Å²) < 4.78 is 0. The van der Waals surface area contributed by atoms with Crippen molar-refractivity contribution in [3.8, 4) is 0 Å². The topological polar surface area (TPSA) is 52.6 Å². The molecular weight excluding hydrogens is 306 g/mol. The Morgan fingerprint density at radius 2 is 2.17 bits per heavy atom. The predicted molar refractivity (Wildman–Crippen MR) is 99.4 cm³/mol. The van der Waals surface area contributed by atoms with Crippen LogP contribution in [0, 0.1) is 6.92 Å². The van der Waals surface area contributed by atoms with Crippen molar-refractivity contribution in [1.82, 2.24) is 20.5 Å². The Hall–Kier alpha value is -1.14. The Bertz CT molecular complexity index is 489. The van der Waals surface area contributed by atoms with Gasteiger partial charge in [-0.25, -0.2) is 4.98 Å². The molecule has 0 aliphatic carbocycles. The van der Waals surface area contributed by atoms with E-state index in [9.17, 15) is 0 Å². The van der Waals surface area contributed by atoms with Crippen molar-refractivity contribution in [3.63, 3.8) is 0 Å². The van der Waals surface area contributed by atoms with E-state index in [0.717, 1.165) is 36.2 Å². The van der Waals surface area contributed by atoms with E-state index in [2.05, 4.69) is 46.7 Å². The standard InChI is InChI=1S/C17H31N5S/c1-5-18-17(19-9-6-16-12-23-14(4)20-16)21-15-7-10-22(11-8-15)13(2)3/h12-13,15H,5-11H2,1-4H3,(H2,18,19,21). The number of nitrogens with zero attached hydrogens (tertiary/aromatic N) is 3. The van der Waals surface area contributed by atoms with Crippen LogP contribution in [0.2, 0.25) is 0 Å². The Morgan fingerprint density at radius 1 is 1.43 bits per heavy atom. The molecule has 2 N–H and O–H groups in total. The minimum absolute atomic E-state index is 0.532. The average Bonchev–Trinajstić information content (AvgIpc) is 2.93. The first-order valence-corrected chi connectivity index (χ1v) is 9.66. The minimum atomic E-state index is 0.532. The summed E-state index contributed by atoms with van der Waals surface area (Å²) in [5.41, 5.74) is 1.15. The number of aliphatic imine (C=N–C) groups is 1. The number of guanidine groups is 1. The molecular formula is C17H31N5S. The van der Waals surface area contributed by atoms with Gasteiger partial charge < -0.3 is 15.5 Å². The quantitative estimate of drug-likeness (QED) is 0.618. The van der Waals surface area contributed by atoms with Crippen LogP contribution in [0.1, 0.15) is 44.3 Å². The molecule has 2 heterocycles. The molecule has 0 aromatic carbocycles. The van der Waals surface area contributed by atoms with Crippen molar-refractivity contribution < 1.29 is 0 Å². The number of piperidine rings is 1. The van der Waals surface area contributed by atoms with Crippen LogP contribution in [0.4, 0.5) is 0 Å². The third-order valence-electron chi connectivity index (χ3n) is 4.25. The van der Waals surface area contributed by atoms with Gasteiger partial charge in [0.1, 0.15) is 0 Å². The molecule has 1 fully saturated rings. The number of hydrogen-bond donors (Lipinski definition) is 2. The molecule has 0 radical (unpaired) electrons. The van der Waals surface area contributed by atoms with Crippen LogP contribution in [0.25, 0.3) is 0 Å². The summed E-state index contributed by atoms with van der Waals surface area (Å²) in [5, 5.41) is 10.2. The van der Waals surface area contributed by atoms with Gasteiger partial charge in [-0.05, 0) is 40.5 Å². The van der Waals surface area contributed by atoms with E-state index in [1.165, 1.54) is 25.9 Å². The van der Waals surface area contributed by atoms with Crippen LogP contribution in [-0.4, -0.2) is 54.1 Å². The maximum atomic E-state index is 4.71. The molecule has 2 rings (SSSR count). The molecule has 6 heteroatoms. The molecule has 5 nitrogen and oxygen atoms in total. The summed E-state index contributed by atoms with van der Waals surface area (Å²) in [6.07, 6.45) is 3.29. The summed E-state index contributed by atoms with van der Waals surface area (Å²) in [7, 11) is 0. The zero-order valence-electron chi connectivity index (χ0n) is 14.9. The minimum Gasteiger partial charge on any atom is -0.357 e. The van der Waals surface area contributed by atoms with Crippen molar-refractivity contribution in [1.29, 1.82) is 0 Å². The molecule has 0 spiro atoms. The molecule has 1 aliphatic heterocycles. The normalized spacial score (nSPS) is 17.7. The van der Waals surface area contributed by atoms with E-state index in [0.29, 0.717) is 12.1 Å². The Kier molecular flexibility index (Phi) is 7.30. The maximum Gasteiger partial charge on any atom is 0.191 e. The molecule has 0 unspecified atom stereocenters. The first-order chi connectivity index (χ1) is 11.1. The largest absolute Gasteiger partial charge is 0.357 e. The maximum absolute atomic E-state index is 4.71. The van der Waals surface area contributed by atoms with E-state index in [1.807, 2.05) is 6.92 Å². The lowest BCUT2D eigenvalue weighted by Crippen LogP contribution is -2.49. The number of hydrogen-bond acceptors (Lipinski definition) is 4. The number of aryl methyl sites for hydroxylation is 1. The van der Waals surface area contributed by atoms with E-state index < -0.39 is 0 Å². The van der Waals surface area contributed by atoms with Gasteiger partial charge in [-0.2, -0.15) is 0 Å². The fraction of sp³-hybridized carbons (Fsp3) is 0.765. The monoisotopic (exact) mass is 337 g/mol. The van der Waals surface area contributed by atoms with Gasteiger partial charge in [-0.15, -0.1) is 11.3 Å². The van der Waals surface area contributed by atoms with Gasteiger partial charge in [0.2, 0.25) is 0 Å².